The highest BCUT2D eigenvalue weighted by molar-refractivity contribution is 5.44. The van der Waals surface area contributed by atoms with Crippen molar-refractivity contribution in [2.45, 2.75) is 46.1 Å². The summed E-state index contributed by atoms with van der Waals surface area (Å²) >= 11 is 0. The third-order valence-corrected chi connectivity index (χ3v) is 2.46. The molecular formula is C15H25NO. The number of nitrogens with one attached hydrogen (secondary N) is 1. The zero-order valence-electron chi connectivity index (χ0n) is 11.5. The fraction of sp³-hybridized carbons (Fsp3) is 0.600. The highest BCUT2D eigenvalue weighted by Gasteiger charge is 2.08. The Labute approximate surface area is 105 Å². The molecule has 0 unspecified atom stereocenters. The van der Waals surface area contributed by atoms with Crippen LogP contribution in [0.2, 0.25) is 0 Å². The molecule has 0 bridgehead atoms. The van der Waals surface area contributed by atoms with Gasteiger partial charge in [0.2, 0.25) is 0 Å². The standard InChI is InChI=1S/C15H25NO/c1-5-6-13-7-9-14(10-8-13)16-11-12-17-15(2,3)4/h7-10,16H,5-6,11-12H2,1-4H3. The first-order valence-electron chi connectivity index (χ1n) is 6.48. The molecule has 0 spiro atoms. The van der Waals surface area contributed by atoms with Gasteiger partial charge in [-0.15, -0.1) is 0 Å². The van der Waals surface area contributed by atoms with E-state index in [-0.39, 0.29) is 5.60 Å². The van der Waals surface area contributed by atoms with Crippen molar-refractivity contribution >= 4 is 5.69 Å². The van der Waals surface area contributed by atoms with Crippen LogP contribution in [0.4, 0.5) is 5.69 Å². The van der Waals surface area contributed by atoms with E-state index in [1.165, 1.54) is 17.7 Å². The molecule has 2 heteroatoms. The van der Waals surface area contributed by atoms with Crippen LogP contribution in [0.3, 0.4) is 0 Å². The molecule has 0 aromatic heterocycles. The molecule has 0 fully saturated rings. The second-order valence-electron chi connectivity index (χ2n) is 5.33. The van der Waals surface area contributed by atoms with Gasteiger partial charge in [-0.05, 0) is 44.9 Å². The van der Waals surface area contributed by atoms with Crippen molar-refractivity contribution in [1.82, 2.24) is 0 Å². The Morgan fingerprint density at radius 3 is 2.29 bits per heavy atom. The van der Waals surface area contributed by atoms with Gasteiger partial charge in [0, 0.05) is 12.2 Å². The first-order valence-corrected chi connectivity index (χ1v) is 6.48. The summed E-state index contributed by atoms with van der Waals surface area (Å²) in [5.74, 6) is 0. The van der Waals surface area contributed by atoms with Crippen molar-refractivity contribution in [2.24, 2.45) is 0 Å². The van der Waals surface area contributed by atoms with Crippen LogP contribution in [0, 0.1) is 0 Å². The molecule has 1 rings (SSSR count). The molecular weight excluding hydrogens is 210 g/mol. The Morgan fingerprint density at radius 1 is 1.12 bits per heavy atom. The monoisotopic (exact) mass is 235 g/mol. The van der Waals surface area contributed by atoms with Gasteiger partial charge >= 0.3 is 0 Å². The molecule has 0 atom stereocenters. The summed E-state index contributed by atoms with van der Waals surface area (Å²) < 4.78 is 5.65. The summed E-state index contributed by atoms with van der Waals surface area (Å²) in [7, 11) is 0. The van der Waals surface area contributed by atoms with Crippen LogP contribution in [0.15, 0.2) is 24.3 Å². The molecule has 1 aromatic carbocycles. The smallest absolute Gasteiger partial charge is 0.0646 e. The SMILES string of the molecule is CCCc1ccc(NCCOC(C)(C)C)cc1. The number of hydrogen-bond donors (Lipinski definition) is 1. The van der Waals surface area contributed by atoms with Crippen LogP contribution in [0.5, 0.6) is 0 Å². The van der Waals surface area contributed by atoms with Gasteiger partial charge in [0.05, 0.1) is 12.2 Å². The van der Waals surface area contributed by atoms with Gasteiger partial charge in [-0.1, -0.05) is 25.5 Å². The molecule has 96 valence electrons. The maximum absolute atomic E-state index is 5.65. The highest BCUT2D eigenvalue weighted by Crippen LogP contribution is 2.11. The van der Waals surface area contributed by atoms with Crippen LogP contribution in [0.25, 0.3) is 0 Å². The van der Waals surface area contributed by atoms with E-state index in [1.807, 2.05) is 0 Å². The lowest BCUT2D eigenvalue weighted by Crippen LogP contribution is -2.23. The molecule has 0 radical (unpaired) electrons. The second kappa shape index (κ2) is 6.65. The van der Waals surface area contributed by atoms with E-state index >= 15 is 0 Å². The predicted molar refractivity (Wildman–Crippen MR) is 74.6 cm³/mol. The number of benzene rings is 1. The van der Waals surface area contributed by atoms with Gasteiger partial charge in [0.15, 0.2) is 0 Å². The second-order valence-corrected chi connectivity index (χ2v) is 5.33. The predicted octanol–water partition coefficient (Wildman–Crippen LogP) is 3.87. The Kier molecular flexibility index (Phi) is 5.49. The normalized spacial score (nSPS) is 11.5. The van der Waals surface area contributed by atoms with Gasteiger partial charge in [0.1, 0.15) is 0 Å². The topological polar surface area (TPSA) is 21.3 Å². The number of anilines is 1. The van der Waals surface area contributed by atoms with Crippen molar-refractivity contribution in [3.05, 3.63) is 29.8 Å². The van der Waals surface area contributed by atoms with E-state index in [4.69, 9.17) is 4.74 Å². The van der Waals surface area contributed by atoms with Gasteiger partial charge in [-0.2, -0.15) is 0 Å². The lowest BCUT2D eigenvalue weighted by atomic mass is 10.1. The average molecular weight is 235 g/mol. The maximum Gasteiger partial charge on any atom is 0.0646 e. The zero-order chi connectivity index (χ0) is 12.7. The Balaban J connectivity index is 2.27. The fourth-order valence-corrected chi connectivity index (χ4v) is 1.63. The first kappa shape index (κ1) is 14.0. The first-order chi connectivity index (χ1) is 8.01. The molecule has 17 heavy (non-hydrogen) atoms. The van der Waals surface area contributed by atoms with Crippen molar-refractivity contribution in [2.75, 3.05) is 18.5 Å². The Hall–Kier alpha value is -1.02. The molecule has 0 aliphatic carbocycles. The molecule has 0 heterocycles. The van der Waals surface area contributed by atoms with E-state index in [2.05, 4.69) is 57.3 Å². The van der Waals surface area contributed by atoms with Crippen LogP contribution < -0.4 is 5.32 Å². The summed E-state index contributed by atoms with van der Waals surface area (Å²) in [4.78, 5) is 0. The van der Waals surface area contributed by atoms with E-state index in [1.54, 1.807) is 0 Å². The Bertz CT molecular complexity index is 311. The van der Waals surface area contributed by atoms with Crippen molar-refractivity contribution in [3.8, 4) is 0 Å². The minimum absolute atomic E-state index is 0.0489. The number of aryl methyl sites for hydroxylation is 1. The lowest BCUT2D eigenvalue weighted by molar-refractivity contribution is 0.00333. The van der Waals surface area contributed by atoms with Crippen LogP contribution >= 0.6 is 0 Å². The summed E-state index contributed by atoms with van der Waals surface area (Å²) in [6.07, 6.45) is 2.36. The van der Waals surface area contributed by atoms with E-state index < -0.39 is 0 Å². The molecule has 0 saturated heterocycles. The number of hydrogen-bond acceptors (Lipinski definition) is 2. The minimum atomic E-state index is -0.0489. The summed E-state index contributed by atoms with van der Waals surface area (Å²) in [6, 6.07) is 8.66. The van der Waals surface area contributed by atoms with Gasteiger partial charge in [-0.3, -0.25) is 0 Å². The lowest BCUT2D eigenvalue weighted by Gasteiger charge is -2.19. The average Bonchev–Trinajstić information content (AvgIpc) is 2.26. The number of ether oxygens (including phenoxy) is 1. The largest absolute Gasteiger partial charge is 0.383 e. The summed E-state index contributed by atoms with van der Waals surface area (Å²) in [6.45, 7) is 10.0. The quantitative estimate of drug-likeness (QED) is 0.756. The van der Waals surface area contributed by atoms with Gasteiger partial charge < -0.3 is 10.1 Å². The molecule has 0 saturated carbocycles. The van der Waals surface area contributed by atoms with E-state index in [0.717, 1.165) is 19.6 Å². The zero-order valence-corrected chi connectivity index (χ0v) is 11.5. The van der Waals surface area contributed by atoms with E-state index in [0.29, 0.717) is 0 Å². The summed E-state index contributed by atoms with van der Waals surface area (Å²) in [5.41, 5.74) is 2.53. The third-order valence-electron chi connectivity index (χ3n) is 2.46. The molecule has 0 aliphatic rings. The van der Waals surface area contributed by atoms with Crippen molar-refractivity contribution in [3.63, 3.8) is 0 Å². The van der Waals surface area contributed by atoms with Gasteiger partial charge in [-0.25, -0.2) is 0 Å². The molecule has 2 nitrogen and oxygen atoms in total. The summed E-state index contributed by atoms with van der Waals surface area (Å²) in [5, 5.41) is 3.36. The van der Waals surface area contributed by atoms with Crippen LogP contribution in [0.1, 0.15) is 39.7 Å². The van der Waals surface area contributed by atoms with Gasteiger partial charge in [0.25, 0.3) is 0 Å². The number of rotatable bonds is 6. The molecule has 0 aliphatic heterocycles. The van der Waals surface area contributed by atoms with Crippen LogP contribution in [-0.4, -0.2) is 18.8 Å². The Morgan fingerprint density at radius 2 is 1.76 bits per heavy atom. The highest BCUT2D eigenvalue weighted by atomic mass is 16.5. The molecule has 0 amide bonds. The molecule has 1 aromatic rings. The van der Waals surface area contributed by atoms with Crippen molar-refractivity contribution < 1.29 is 4.74 Å². The third kappa shape index (κ3) is 6.32. The van der Waals surface area contributed by atoms with Crippen molar-refractivity contribution in [1.29, 1.82) is 0 Å². The molecule has 1 N–H and O–H groups in total. The maximum atomic E-state index is 5.65. The minimum Gasteiger partial charge on any atom is -0.383 e. The van der Waals surface area contributed by atoms with Crippen LogP contribution in [-0.2, 0) is 11.2 Å². The fourth-order valence-electron chi connectivity index (χ4n) is 1.63. The van der Waals surface area contributed by atoms with E-state index in [9.17, 15) is 0 Å².